The first kappa shape index (κ1) is 22.4. The molecule has 1 spiro atoms. The number of carbonyl (C=O) groups excluding carboxylic acids is 2. The zero-order valence-corrected chi connectivity index (χ0v) is 18.1. The number of fused-ring (bicyclic) bond motifs is 1. The summed E-state index contributed by atoms with van der Waals surface area (Å²) in [6, 6.07) is 3.23. The maximum atomic E-state index is 13.8. The predicted octanol–water partition coefficient (Wildman–Crippen LogP) is 3.05. The standard InChI is InChI=1S/C23H27F2N3O4/c1-2-28-20-15(13-23(14-26-21(20)29)8-11-31-12-9-23)18(27-28)7-4-10-32-22(30)19-16(24)5-3-6-17(19)25/h3,5-6H,2,4,7-14H2,1H3,(H,26,29). The molecule has 2 aliphatic heterocycles. The molecule has 1 N–H and O–H groups in total. The monoisotopic (exact) mass is 447 g/mol. The Morgan fingerprint density at radius 1 is 1.28 bits per heavy atom. The van der Waals surface area contributed by atoms with Crippen molar-refractivity contribution >= 4 is 11.9 Å². The number of aromatic nitrogens is 2. The van der Waals surface area contributed by atoms with Gasteiger partial charge in [0.05, 0.1) is 12.3 Å². The lowest BCUT2D eigenvalue weighted by Gasteiger charge is -2.36. The first-order chi connectivity index (χ1) is 15.4. The summed E-state index contributed by atoms with van der Waals surface area (Å²) in [5.74, 6) is -3.05. The maximum Gasteiger partial charge on any atom is 0.344 e. The SMILES string of the molecule is CCn1nc(CCCOC(=O)c2c(F)cccc2F)c2c1C(=O)NCC1(CCOCC1)C2. The maximum absolute atomic E-state index is 13.8. The number of amides is 1. The molecule has 172 valence electrons. The van der Waals surface area contributed by atoms with Gasteiger partial charge in [0, 0.05) is 31.9 Å². The minimum atomic E-state index is -1.03. The third-order valence-corrected chi connectivity index (χ3v) is 6.34. The third-order valence-electron chi connectivity index (χ3n) is 6.34. The molecular weight excluding hydrogens is 420 g/mol. The van der Waals surface area contributed by atoms with Crippen molar-refractivity contribution in [3.8, 4) is 0 Å². The molecule has 0 saturated carbocycles. The Morgan fingerprint density at radius 3 is 2.69 bits per heavy atom. The van der Waals surface area contributed by atoms with Crippen LogP contribution in [-0.4, -0.2) is 48.0 Å². The molecule has 4 rings (SSSR count). The van der Waals surface area contributed by atoms with Gasteiger partial charge in [-0.2, -0.15) is 5.10 Å². The van der Waals surface area contributed by atoms with Crippen LogP contribution in [-0.2, 0) is 28.9 Å². The second-order valence-corrected chi connectivity index (χ2v) is 8.40. The largest absolute Gasteiger partial charge is 0.462 e. The number of halogens is 2. The Balaban J connectivity index is 1.46. The van der Waals surface area contributed by atoms with E-state index in [4.69, 9.17) is 9.47 Å². The van der Waals surface area contributed by atoms with Gasteiger partial charge in [-0.25, -0.2) is 13.6 Å². The molecular formula is C23H27F2N3O4. The van der Waals surface area contributed by atoms with E-state index in [2.05, 4.69) is 10.4 Å². The topological polar surface area (TPSA) is 82.5 Å². The number of aryl methyl sites for hydroxylation is 2. The van der Waals surface area contributed by atoms with Gasteiger partial charge in [0.2, 0.25) is 0 Å². The Morgan fingerprint density at radius 2 is 2.00 bits per heavy atom. The van der Waals surface area contributed by atoms with Crippen molar-refractivity contribution in [1.29, 1.82) is 0 Å². The first-order valence-corrected chi connectivity index (χ1v) is 11.0. The van der Waals surface area contributed by atoms with Gasteiger partial charge in [0.15, 0.2) is 0 Å². The molecule has 0 unspecified atom stereocenters. The van der Waals surface area contributed by atoms with Crippen LogP contribution in [0.3, 0.4) is 0 Å². The van der Waals surface area contributed by atoms with Crippen LogP contribution in [0.2, 0.25) is 0 Å². The molecule has 1 aromatic carbocycles. The zero-order valence-electron chi connectivity index (χ0n) is 18.1. The number of rotatable bonds is 6. The van der Waals surface area contributed by atoms with E-state index >= 15 is 0 Å². The Hall–Kier alpha value is -2.81. The second kappa shape index (κ2) is 9.36. The minimum Gasteiger partial charge on any atom is -0.462 e. The van der Waals surface area contributed by atoms with Gasteiger partial charge in [-0.15, -0.1) is 0 Å². The van der Waals surface area contributed by atoms with Crippen molar-refractivity contribution in [2.45, 2.75) is 45.6 Å². The third kappa shape index (κ3) is 4.39. The summed E-state index contributed by atoms with van der Waals surface area (Å²) in [4.78, 5) is 24.9. The van der Waals surface area contributed by atoms with Crippen molar-refractivity contribution in [3.63, 3.8) is 0 Å². The molecule has 7 nitrogen and oxygen atoms in total. The van der Waals surface area contributed by atoms with E-state index < -0.39 is 23.2 Å². The predicted molar refractivity (Wildman–Crippen MR) is 111 cm³/mol. The van der Waals surface area contributed by atoms with E-state index in [0.717, 1.165) is 42.7 Å². The van der Waals surface area contributed by atoms with Crippen molar-refractivity contribution in [1.82, 2.24) is 15.1 Å². The number of benzene rings is 1. The summed E-state index contributed by atoms with van der Waals surface area (Å²) >= 11 is 0. The van der Waals surface area contributed by atoms with Gasteiger partial charge < -0.3 is 14.8 Å². The Labute approximate surface area is 185 Å². The molecule has 2 aliphatic rings. The lowest BCUT2D eigenvalue weighted by molar-refractivity contribution is 0.0160. The van der Waals surface area contributed by atoms with Crippen LogP contribution in [0.15, 0.2) is 18.2 Å². The molecule has 3 heterocycles. The molecule has 0 bridgehead atoms. The van der Waals surface area contributed by atoms with E-state index in [9.17, 15) is 18.4 Å². The summed E-state index contributed by atoms with van der Waals surface area (Å²) in [5, 5.41) is 7.71. The number of esters is 1. The van der Waals surface area contributed by atoms with Gasteiger partial charge in [0.1, 0.15) is 22.9 Å². The van der Waals surface area contributed by atoms with Gasteiger partial charge in [-0.3, -0.25) is 9.48 Å². The van der Waals surface area contributed by atoms with Crippen molar-refractivity contribution < 1.29 is 27.8 Å². The number of carbonyl (C=O) groups is 2. The lowest BCUT2D eigenvalue weighted by atomic mass is 9.75. The molecule has 0 atom stereocenters. The van der Waals surface area contributed by atoms with E-state index in [0.29, 0.717) is 44.8 Å². The molecule has 2 aromatic rings. The summed E-state index contributed by atoms with van der Waals surface area (Å²) in [7, 11) is 0. The lowest BCUT2D eigenvalue weighted by Crippen LogP contribution is -2.40. The summed E-state index contributed by atoms with van der Waals surface area (Å²) in [5.41, 5.74) is 1.60. The van der Waals surface area contributed by atoms with Crippen molar-refractivity contribution in [2.75, 3.05) is 26.4 Å². The van der Waals surface area contributed by atoms with Crippen LogP contribution in [0, 0.1) is 17.0 Å². The highest BCUT2D eigenvalue weighted by atomic mass is 19.1. The van der Waals surface area contributed by atoms with E-state index in [1.54, 1.807) is 4.68 Å². The first-order valence-electron chi connectivity index (χ1n) is 11.0. The quantitative estimate of drug-likeness (QED) is 0.544. The fraction of sp³-hybridized carbons (Fsp3) is 0.522. The highest BCUT2D eigenvalue weighted by Gasteiger charge is 2.39. The van der Waals surface area contributed by atoms with Crippen molar-refractivity contribution in [2.24, 2.45) is 5.41 Å². The molecule has 0 aliphatic carbocycles. The highest BCUT2D eigenvalue weighted by Crippen LogP contribution is 2.37. The van der Waals surface area contributed by atoms with Crippen LogP contribution >= 0.6 is 0 Å². The van der Waals surface area contributed by atoms with Gasteiger partial charge in [-0.05, 0) is 56.6 Å². The van der Waals surface area contributed by atoms with Gasteiger partial charge >= 0.3 is 5.97 Å². The van der Waals surface area contributed by atoms with Gasteiger partial charge in [-0.1, -0.05) is 6.07 Å². The number of hydrogen-bond acceptors (Lipinski definition) is 5. The molecule has 9 heteroatoms. The summed E-state index contributed by atoms with van der Waals surface area (Å²) in [6.07, 6.45) is 3.39. The van der Waals surface area contributed by atoms with Crippen LogP contribution in [0.5, 0.6) is 0 Å². The molecule has 1 amide bonds. The molecule has 1 saturated heterocycles. The van der Waals surface area contributed by atoms with E-state index in [1.165, 1.54) is 6.07 Å². The highest BCUT2D eigenvalue weighted by molar-refractivity contribution is 5.94. The Bertz CT molecular complexity index is 995. The fourth-order valence-electron chi connectivity index (χ4n) is 4.53. The second-order valence-electron chi connectivity index (χ2n) is 8.40. The van der Waals surface area contributed by atoms with E-state index in [-0.39, 0.29) is 17.9 Å². The van der Waals surface area contributed by atoms with Crippen LogP contribution < -0.4 is 5.32 Å². The van der Waals surface area contributed by atoms with Crippen LogP contribution in [0.1, 0.15) is 58.3 Å². The number of hydrogen-bond donors (Lipinski definition) is 1. The average molecular weight is 447 g/mol. The summed E-state index contributed by atoms with van der Waals surface area (Å²) < 4.78 is 39.9. The van der Waals surface area contributed by atoms with Crippen molar-refractivity contribution in [3.05, 3.63) is 52.3 Å². The average Bonchev–Trinajstić information content (AvgIpc) is 3.05. The zero-order chi connectivity index (χ0) is 22.7. The van der Waals surface area contributed by atoms with E-state index in [1.807, 2.05) is 6.92 Å². The summed E-state index contributed by atoms with van der Waals surface area (Å²) in [6.45, 7) is 4.44. The smallest absolute Gasteiger partial charge is 0.344 e. The van der Waals surface area contributed by atoms with Gasteiger partial charge in [0.25, 0.3) is 5.91 Å². The minimum absolute atomic E-state index is 0.00839. The van der Waals surface area contributed by atoms with Crippen LogP contribution in [0.4, 0.5) is 8.78 Å². The number of nitrogens with one attached hydrogen (secondary N) is 1. The van der Waals surface area contributed by atoms with Crippen LogP contribution in [0.25, 0.3) is 0 Å². The fourth-order valence-corrected chi connectivity index (χ4v) is 4.53. The molecule has 1 aromatic heterocycles. The normalized spacial score (nSPS) is 17.5. The Kier molecular flexibility index (Phi) is 6.55. The molecule has 0 radical (unpaired) electrons. The number of ether oxygens (including phenoxy) is 2. The number of nitrogens with zero attached hydrogens (tertiary/aromatic N) is 2. The molecule has 32 heavy (non-hydrogen) atoms. The molecule has 1 fully saturated rings.